The molecule has 0 aliphatic heterocycles. The molecular weight excluding hydrogens is 262 g/mol. The van der Waals surface area contributed by atoms with Crippen LogP contribution in [0.4, 0.5) is 0 Å². The fourth-order valence-electron chi connectivity index (χ4n) is 3.61. The molecule has 2 aromatic carbocycles. The van der Waals surface area contributed by atoms with Crippen LogP contribution in [-0.4, -0.2) is 15.8 Å². The molecule has 21 heavy (non-hydrogen) atoms. The summed E-state index contributed by atoms with van der Waals surface area (Å²) in [4.78, 5) is 12.7. The molecule has 106 valence electrons. The SMILES string of the molecule is O=c1c2ccccc2n([C@H]2CCC[C@@H]2O)c2ccccc12. The van der Waals surface area contributed by atoms with Crippen LogP contribution in [0.1, 0.15) is 25.3 Å². The van der Waals surface area contributed by atoms with E-state index in [1.165, 1.54) is 0 Å². The number of nitrogens with zero attached hydrogens (tertiary/aromatic N) is 1. The summed E-state index contributed by atoms with van der Waals surface area (Å²) in [5.74, 6) is 0. The summed E-state index contributed by atoms with van der Waals surface area (Å²) in [6.07, 6.45) is 2.48. The van der Waals surface area contributed by atoms with Gasteiger partial charge in [0, 0.05) is 10.8 Å². The van der Waals surface area contributed by atoms with Gasteiger partial charge in [-0.2, -0.15) is 0 Å². The van der Waals surface area contributed by atoms with Gasteiger partial charge in [-0.15, -0.1) is 0 Å². The van der Waals surface area contributed by atoms with Crippen molar-refractivity contribution in [3.8, 4) is 0 Å². The second-order valence-corrected chi connectivity index (χ2v) is 5.80. The Balaban J connectivity index is 2.19. The second-order valence-electron chi connectivity index (χ2n) is 5.80. The molecule has 0 unspecified atom stereocenters. The zero-order chi connectivity index (χ0) is 14.4. The van der Waals surface area contributed by atoms with Crippen molar-refractivity contribution in [2.45, 2.75) is 31.4 Å². The normalized spacial score (nSPS) is 22.1. The van der Waals surface area contributed by atoms with E-state index in [0.29, 0.717) is 0 Å². The number of benzene rings is 2. The van der Waals surface area contributed by atoms with Gasteiger partial charge in [-0.05, 0) is 43.5 Å². The lowest BCUT2D eigenvalue weighted by atomic mass is 10.1. The van der Waals surface area contributed by atoms with Crippen molar-refractivity contribution in [2.75, 3.05) is 0 Å². The van der Waals surface area contributed by atoms with Crippen molar-refractivity contribution in [3.63, 3.8) is 0 Å². The average Bonchev–Trinajstić information content (AvgIpc) is 2.94. The highest BCUT2D eigenvalue weighted by molar-refractivity contribution is 5.93. The molecule has 3 aromatic rings. The third kappa shape index (κ3) is 1.81. The van der Waals surface area contributed by atoms with Gasteiger partial charge in [0.25, 0.3) is 0 Å². The van der Waals surface area contributed by atoms with Crippen LogP contribution < -0.4 is 5.43 Å². The van der Waals surface area contributed by atoms with E-state index in [2.05, 4.69) is 4.57 Å². The molecule has 0 saturated heterocycles. The van der Waals surface area contributed by atoms with E-state index >= 15 is 0 Å². The Bertz CT molecular complexity index is 821. The molecule has 0 spiro atoms. The van der Waals surface area contributed by atoms with Gasteiger partial charge in [0.2, 0.25) is 0 Å². The van der Waals surface area contributed by atoms with E-state index < -0.39 is 0 Å². The Morgan fingerprint density at radius 1 is 0.905 bits per heavy atom. The van der Waals surface area contributed by atoms with Gasteiger partial charge < -0.3 is 9.67 Å². The molecule has 0 amide bonds. The molecule has 0 bridgehead atoms. The fraction of sp³-hybridized carbons (Fsp3) is 0.278. The predicted molar refractivity (Wildman–Crippen MR) is 84.6 cm³/mol. The minimum atomic E-state index is -0.334. The first-order chi connectivity index (χ1) is 10.3. The molecule has 1 saturated carbocycles. The smallest absolute Gasteiger partial charge is 0.197 e. The van der Waals surface area contributed by atoms with Gasteiger partial charge >= 0.3 is 0 Å². The first kappa shape index (κ1) is 12.6. The number of aliphatic hydroxyl groups is 1. The highest BCUT2D eigenvalue weighted by atomic mass is 16.3. The fourth-order valence-corrected chi connectivity index (χ4v) is 3.61. The molecular formula is C18H17NO2. The van der Waals surface area contributed by atoms with Crippen molar-refractivity contribution in [3.05, 3.63) is 58.8 Å². The summed E-state index contributed by atoms with van der Waals surface area (Å²) in [7, 11) is 0. The Morgan fingerprint density at radius 3 is 2.00 bits per heavy atom. The van der Waals surface area contributed by atoms with Crippen LogP contribution in [0.15, 0.2) is 53.3 Å². The van der Waals surface area contributed by atoms with Crippen molar-refractivity contribution in [1.29, 1.82) is 0 Å². The Morgan fingerprint density at radius 2 is 1.48 bits per heavy atom. The first-order valence-corrected chi connectivity index (χ1v) is 7.47. The lowest BCUT2D eigenvalue weighted by Crippen LogP contribution is -2.22. The van der Waals surface area contributed by atoms with Gasteiger partial charge in [0.15, 0.2) is 5.43 Å². The van der Waals surface area contributed by atoms with Crippen molar-refractivity contribution >= 4 is 21.8 Å². The standard InChI is InChI=1S/C18H17NO2/c20-17-11-5-10-16(17)19-14-8-3-1-6-12(14)18(21)13-7-2-4-9-15(13)19/h1-4,6-9,16-17,20H,5,10-11H2/t16-,17-/m0/s1. The molecule has 3 heteroatoms. The molecule has 0 radical (unpaired) electrons. The van der Waals surface area contributed by atoms with Crippen LogP contribution >= 0.6 is 0 Å². The Hall–Kier alpha value is -2.13. The molecule has 1 aliphatic carbocycles. The van der Waals surface area contributed by atoms with Gasteiger partial charge in [0.1, 0.15) is 0 Å². The minimum absolute atomic E-state index is 0.0559. The minimum Gasteiger partial charge on any atom is -0.391 e. The monoisotopic (exact) mass is 279 g/mol. The summed E-state index contributed by atoms with van der Waals surface area (Å²) < 4.78 is 2.17. The molecule has 2 atom stereocenters. The molecule has 3 nitrogen and oxygen atoms in total. The number of rotatable bonds is 1. The number of aromatic nitrogens is 1. The van der Waals surface area contributed by atoms with Crippen molar-refractivity contribution < 1.29 is 5.11 Å². The van der Waals surface area contributed by atoms with E-state index in [9.17, 15) is 9.90 Å². The number of fused-ring (bicyclic) bond motifs is 2. The highest BCUT2D eigenvalue weighted by Crippen LogP contribution is 2.34. The van der Waals surface area contributed by atoms with Gasteiger partial charge in [0.05, 0.1) is 23.2 Å². The summed E-state index contributed by atoms with van der Waals surface area (Å²) in [6.45, 7) is 0. The Labute approximate surface area is 122 Å². The lowest BCUT2D eigenvalue weighted by molar-refractivity contribution is 0.140. The number of aliphatic hydroxyl groups excluding tert-OH is 1. The molecule has 1 N–H and O–H groups in total. The van der Waals surface area contributed by atoms with Crippen molar-refractivity contribution in [2.24, 2.45) is 0 Å². The third-order valence-electron chi connectivity index (χ3n) is 4.59. The van der Waals surface area contributed by atoms with Crippen LogP contribution in [0.5, 0.6) is 0 Å². The van der Waals surface area contributed by atoms with Crippen LogP contribution in [0, 0.1) is 0 Å². The highest BCUT2D eigenvalue weighted by Gasteiger charge is 2.28. The van der Waals surface area contributed by atoms with E-state index in [4.69, 9.17) is 0 Å². The topological polar surface area (TPSA) is 42.2 Å². The maximum Gasteiger partial charge on any atom is 0.197 e. The molecule has 1 aromatic heterocycles. The third-order valence-corrected chi connectivity index (χ3v) is 4.59. The average molecular weight is 279 g/mol. The number of para-hydroxylation sites is 2. The molecule has 4 rings (SSSR count). The maximum absolute atomic E-state index is 12.7. The van der Waals surface area contributed by atoms with Gasteiger partial charge in [-0.25, -0.2) is 0 Å². The second kappa shape index (κ2) is 4.71. The zero-order valence-corrected chi connectivity index (χ0v) is 11.7. The maximum atomic E-state index is 12.7. The predicted octanol–water partition coefficient (Wildman–Crippen LogP) is 3.24. The van der Waals surface area contributed by atoms with E-state index in [1.54, 1.807) is 0 Å². The number of hydrogen-bond donors (Lipinski definition) is 1. The first-order valence-electron chi connectivity index (χ1n) is 7.47. The summed E-state index contributed by atoms with van der Waals surface area (Å²) in [5, 5.41) is 11.8. The molecule has 1 heterocycles. The van der Waals surface area contributed by atoms with Crippen LogP contribution in [0.3, 0.4) is 0 Å². The van der Waals surface area contributed by atoms with E-state index in [-0.39, 0.29) is 17.6 Å². The number of hydrogen-bond acceptors (Lipinski definition) is 2. The van der Waals surface area contributed by atoms with E-state index in [1.807, 2.05) is 48.5 Å². The van der Waals surface area contributed by atoms with E-state index in [0.717, 1.165) is 41.1 Å². The van der Waals surface area contributed by atoms with Gasteiger partial charge in [-0.3, -0.25) is 4.79 Å². The van der Waals surface area contributed by atoms with Crippen LogP contribution in [0.25, 0.3) is 21.8 Å². The molecule has 1 fully saturated rings. The lowest BCUT2D eigenvalue weighted by Gasteiger charge is -2.23. The quantitative estimate of drug-likeness (QED) is 0.695. The van der Waals surface area contributed by atoms with Gasteiger partial charge in [-0.1, -0.05) is 24.3 Å². The van der Waals surface area contributed by atoms with Crippen molar-refractivity contribution in [1.82, 2.24) is 4.57 Å². The van der Waals surface area contributed by atoms with Crippen LogP contribution in [0.2, 0.25) is 0 Å². The largest absolute Gasteiger partial charge is 0.391 e. The number of pyridine rings is 1. The van der Waals surface area contributed by atoms with Crippen LogP contribution in [-0.2, 0) is 0 Å². The zero-order valence-electron chi connectivity index (χ0n) is 11.7. The summed E-state index contributed by atoms with van der Waals surface area (Å²) in [6, 6.07) is 15.5. The Kier molecular flexibility index (Phi) is 2.82. The molecule has 1 aliphatic rings. The summed E-state index contributed by atoms with van der Waals surface area (Å²) in [5.41, 5.74) is 1.92. The summed E-state index contributed by atoms with van der Waals surface area (Å²) >= 11 is 0.